The van der Waals surface area contributed by atoms with E-state index in [1.165, 1.54) is 0 Å². The molecule has 13 heavy (non-hydrogen) atoms. The van der Waals surface area contributed by atoms with Crippen LogP contribution in [-0.2, 0) is 9.53 Å². The minimum Gasteiger partial charge on any atom is -0.466 e. The molecule has 0 amide bonds. The van der Waals surface area contributed by atoms with Crippen LogP contribution < -0.4 is 5.73 Å². The van der Waals surface area contributed by atoms with E-state index in [0.29, 0.717) is 13.0 Å². The summed E-state index contributed by atoms with van der Waals surface area (Å²) in [6, 6.07) is 0. The van der Waals surface area contributed by atoms with Crippen LogP contribution in [0, 0.1) is 0 Å². The Bertz CT molecular complexity index is 196. The normalized spacial score (nSPS) is 29.2. The van der Waals surface area contributed by atoms with Crippen molar-refractivity contribution in [3.05, 3.63) is 0 Å². The summed E-state index contributed by atoms with van der Waals surface area (Å²) < 4.78 is 4.87. The van der Waals surface area contributed by atoms with E-state index in [-0.39, 0.29) is 11.5 Å². The van der Waals surface area contributed by atoms with Crippen LogP contribution >= 0.6 is 0 Å². The molecule has 0 aromatic carbocycles. The van der Waals surface area contributed by atoms with Gasteiger partial charge in [0.15, 0.2) is 0 Å². The highest BCUT2D eigenvalue weighted by atomic mass is 16.5. The van der Waals surface area contributed by atoms with Crippen molar-refractivity contribution in [3.8, 4) is 0 Å². The standard InChI is InChI=1S/C9H18N2O2/c1-3-13-8(12)6-9(10)4-5-11(2)7-9/h3-7,10H2,1-2H3. The third-order valence-electron chi connectivity index (χ3n) is 2.38. The van der Waals surface area contributed by atoms with Crippen LogP contribution in [0.5, 0.6) is 0 Å². The molecule has 0 aromatic heterocycles. The van der Waals surface area contributed by atoms with Gasteiger partial charge < -0.3 is 15.4 Å². The zero-order chi connectivity index (χ0) is 9.90. The maximum absolute atomic E-state index is 11.2. The van der Waals surface area contributed by atoms with Crippen molar-refractivity contribution in [1.82, 2.24) is 4.90 Å². The third-order valence-corrected chi connectivity index (χ3v) is 2.38. The van der Waals surface area contributed by atoms with Crippen LogP contribution in [0.15, 0.2) is 0 Å². The average molecular weight is 186 g/mol. The first-order valence-corrected chi connectivity index (χ1v) is 4.69. The summed E-state index contributed by atoms with van der Waals surface area (Å²) in [5.74, 6) is -0.180. The SMILES string of the molecule is CCOC(=O)CC1(N)CCN(C)C1. The van der Waals surface area contributed by atoms with Crippen LogP contribution in [0.4, 0.5) is 0 Å². The topological polar surface area (TPSA) is 55.6 Å². The number of rotatable bonds is 3. The van der Waals surface area contributed by atoms with Crippen LogP contribution in [0.25, 0.3) is 0 Å². The van der Waals surface area contributed by atoms with Gasteiger partial charge in [-0.2, -0.15) is 0 Å². The first-order chi connectivity index (χ1) is 6.06. The van der Waals surface area contributed by atoms with E-state index >= 15 is 0 Å². The van der Waals surface area contributed by atoms with E-state index in [1.54, 1.807) is 0 Å². The van der Waals surface area contributed by atoms with Gasteiger partial charge in [-0.1, -0.05) is 0 Å². The second-order valence-corrected chi connectivity index (χ2v) is 3.83. The molecule has 2 N–H and O–H groups in total. The van der Waals surface area contributed by atoms with E-state index in [0.717, 1.165) is 19.5 Å². The highest BCUT2D eigenvalue weighted by Gasteiger charge is 2.35. The molecule has 1 unspecified atom stereocenters. The van der Waals surface area contributed by atoms with Crippen LogP contribution in [-0.4, -0.2) is 43.2 Å². The van der Waals surface area contributed by atoms with Gasteiger partial charge in [0.1, 0.15) is 0 Å². The van der Waals surface area contributed by atoms with Gasteiger partial charge in [-0.25, -0.2) is 0 Å². The Hall–Kier alpha value is -0.610. The third kappa shape index (κ3) is 2.97. The van der Waals surface area contributed by atoms with Crippen molar-refractivity contribution in [1.29, 1.82) is 0 Å². The molecule has 1 fully saturated rings. The van der Waals surface area contributed by atoms with Gasteiger partial charge in [0, 0.05) is 12.1 Å². The summed E-state index contributed by atoms with van der Waals surface area (Å²) in [5, 5.41) is 0. The maximum atomic E-state index is 11.2. The fourth-order valence-corrected chi connectivity index (χ4v) is 1.75. The van der Waals surface area contributed by atoms with Gasteiger partial charge in [0.25, 0.3) is 0 Å². The second kappa shape index (κ2) is 4.07. The number of likely N-dealkylation sites (tertiary alicyclic amines) is 1. The molecule has 0 radical (unpaired) electrons. The lowest BCUT2D eigenvalue weighted by atomic mass is 9.96. The largest absolute Gasteiger partial charge is 0.466 e. The number of nitrogens with two attached hydrogens (primary N) is 1. The summed E-state index contributed by atoms with van der Waals surface area (Å²) >= 11 is 0. The van der Waals surface area contributed by atoms with Crippen molar-refractivity contribution in [3.63, 3.8) is 0 Å². The van der Waals surface area contributed by atoms with E-state index in [9.17, 15) is 4.79 Å². The predicted molar refractivity (Wildman–Crippen MR) is 50.3 cm³/mol. The molecular formula is C9H18N2O2. The summed E-state index contributed by atoms with van der Waals surface area (Å²) in [6.45, 7) is 3.99. The number of hydrogen-bond donors (Lipinski definition) is 1. The average Bonchev–Trinajstić information content (AvgIpc) is 2.30. The van der Waals surface area contributed by atoms with Crippen LogP contribution in [0.2, 0.25) is 0 Å². The van der Waals surface area contributed by atoms with Crippen molar-refractivity contribution in [2.45, 2.75) is 25.3 Å². The quantitative estimate of drug-likeness (QED) is 0.629. The molecular weight excluding hydrogens is 168 g/mol. The second-order valence-electron chi connectivity index (χ2n) is 3.83. The van der Waals surface area contributed by atoms with Crippen molar-refractivity contribution < 1.29 is 9.53 Å². The number of hydrogen-bond acceptors (Lipinski definition) is 4. The zero-order valence-corrected chi connectivity index (χ0v) is 8.38. The number of ether oxygens (including phenoxy) is 1. The summed E-state index contributed by atoms with van der Waals surface area (Å²) in [4.78, 5) is 13.3. The fraction of sp³-hybridized carbons (Fsp3) is 0.889. The highest BCUT2D eigenvalue weighted by Crippen LogP contribution is 2.21. The van der Waals surface area contributed by atoms with Crippen molar-refractivity contribution >= 4 is 5.97 Å². The first-order valence-electron chi connectivity index (χ1n) is 4.69. The number of esters is 1. The summed E-state index contributed by atoms with van der Waals surface area (Å²) in [5.41, 5.74) is 5.68. The Morgan fingerprint density at radius 1 is 1.69 bits per heavy atom. The Morgan fingerprint density at radius 2 is 2.38 bits per heavy atom. The predicted octanol–water partition coefficient (Wildman–Crippen LogP) is -0.0274. The molecule has 0 spiro atoms. The molecule has 0 bridgehead atoms. The monoisotopic (exact) mass is 186 g/mol. The molecule has 1 heterocycles. The van der Waals surface area contributed by atoms with Gasteiger partial charge >= 0.3 is 5.97 Å². The summed E-state index contributed by atoms with van der Waals surface area (Å²) in [7, 11) is 2.01. The molecule has 0 saturated carbocycles. The van der Waals surface area contributed by atoms with Gasteiger partial charge in [-0.05, 0) is 26.9 Å². The lowest BCUT2D eigenvalue weighted by Gasteiger charge is -2.22. The van der Waals surface area contributed by atoms with Gasteiger partial charge in [-0.3, -0.25) is 4.79 Å². The molecule has 4 heteroatoms. The molecule has 1 aliphatic rings. The highest BCUT2D eigenvalue weighted by molar-refractivity contribution is 5.71. The molecule has 1 saturated heterocycles. The molecule has 0 aliphatic carbocycles. The fourth-order valence-electron chi connectivity index (χ4n) is 1.75. The molecule has 1 atom stereocenters. The van der Waals surface area contributed by atoms with E-state index in [2.05, 4.69) is 4.90 Å². The van der Waals surface area contributed by atoms with E-state index in [4.69, 9.17) is 10.5 Å². The molecule has 1 aliphatic heterocycles. The maximum Gasteiger partial charge on any atom is 0.307 e. The number of likely N-dealkylation sites (N-methyl/N-ethyl adjacent to an activating group) is 1. The number of carbonyl (C=O) groups is 1. The van der Waals surface area contributed by atoms with E-state index in [1.807, 2.05) is 14.0 Å². The molecule has 76 valence electrons. The Balaban J connectivity index is 2.39. The minimum atomic E-state index is -0.360. The smallest absolute Gasteiger partial charge is 0.307 e. The van der Waals surface area contributed by atoms with Crippen LogP contribution in [0.1, 0.15) is 19.8 Å². The van der Waals surface area contributed by atoms with Crippen LogP contribution in [0.3, 0.4) is 0 Å². The molecule has 4 nitrogen and oxygen atoms in total. The first kappa shape index (κ1) is 10.5. The number of nitrogens with zero attached hydrogens (tertiary/aromatic N) is 1. The lowest BCUT2D eigenvalue weighted by Crippen LogP contribution is -2.44. The molecule has 1 rings (SSSR count). The summed E-state index contributed by atoms with van der Waals surface area (Å²) in [6.07, 6.45) is 1.22. The minimum absolute atomic E-state index is 0.180. The Morgan fingerprint density at radius 3 is 2.85 bits per heavy atom. The Labute approximate surface area is 79.0 Å². The number of carbonyl (C=O) groups excluding carboxylic acids is 1. The Kier molecular flexibility index (Phi) is 3.27. The molecule has 0 aromatic rings. The van der Waals surface area contributed by atoms with Crippen molar-refractivity contribution in [2.24, 2.45) is 5.73 Å². The van der Waals surface area contributed by atoms with Gasteiger partial charge in [-0.15, -0.1) is 0 Å². The van der Waals surface area contributed by atoms with Gasteiger partial charge in [0.2, 0.25) is 0 Å². The van der Waals surface area contributed by atoms with Gasteiger partial charge in [0.05, 0.1) is 13.0 Å². The lowest BCUT2D eigenvalue weighted by molar-refractivity contribution is -0.144. The van der Waals surface area contributed by atoms with Crippen molar-refractivity contribution in [2.75, 3.05) is 26.7 Å². The van der Waals surface area contributed by atoms with E-state index < -0.39 is 0 Å². The zero-order valence-electron chi connectivity index (χ0n) is 8.38.